The van der Waals surface area contributed by atoms with Gasteiger partial charge in [0.05, 0.1) is 57.7 Å². The van der Waals surface area contributed by atoms with Crippen molar-refractivity contribution < 1.29 is 28.2 Å². The number of allylic oxidation sites excluding steroid dienone is 1. The van der Waals surface area contributed by atoms with Gasteiger partial charge in [-0.2, -0.15) is 0 Å². The minimum absolute atomic E-state index is 0.175. The van der Waals surface area contributed by atoms with Gasteiger partial charge in [-0.05, 0) is 77.8 Å². The molecule has 0 spiro atoms. The first-order chi connectivity index (χ1) is 20.2. The van der Waals surface area contributed by atoms with Crippen LogP contribution < -0.4 is 19.6 Å². The lowest BCUT2D eigenvalue weighted by molar-refractivity contribution is -0.139. The van der Waals surface area contributed by atoms with Gasteiger partial charge in [-0.25, -0.2) is 14.6 Å². The molecular weight excluding hydrogens is 648 g/mol. The monoisotopic (exact) mass is 670 g/mol. The number of rotatable bonds is 7. The first-order valence-corrected chi connectivity index (χ1v) is 14.7. The van der Waals surface area contributed by atoms with Gasteiger partial charge in [0.2, 0.25) is 0 Å². The summed E-state index contributed by atoms with van der Waals surface area (Å²) in [5.74, 6) is 0.380. The Balaban J connectivity index is 1.61. The molecule has 5 rings (SSSR count). The number of fused-ring (bicyclic) bond motifs is 1. The van der Waals surface area contributed by atoms with Crippen molar-refractivity contribution in [3.8, 4) is 17.1 Å². The molecule has 0 radical (unpaired) electrons. The third-order valence-corrected chi connectivity index (χ3v) is 8.50. The Hall–Kier alpha value is -3.93. The van der Waals surface area contributed by atoms with Crippen molar-refractivity contribution >= 4 is 56.9 Å². The minimum Gasteiger partial charge on any atom is -0.496 e. The van der Waals surface area contributed by atoms with E-state index in [1.54, 1.807) is 69.5 Å². The highest BCUT2D eigenvalue weighted by Crippen LogP contribution is 2.35. The molecule has 12 heteroatoms. The number of carbonyl (C=O) groups is 2. The largest absolute Gasteiger partial charge is 0.496 e. The van der Waals surface area contributed by atoms with Crippen LogP contribution in [0.15, 0.2) is 78.5 Å². The zero-order valence-corrected chi connectivity index (χ0v) is 26.1. The molecule has 0 N–H and O–H groups in total. The van der Waals surface area contributed by atoms with Crippen LogP contribution in [0.2, 0.25) is 5.02 Å². The molecule has 2 aromatic heterocycles. The molecule has 0 aliphatic carbocycles. The summed E-state index contributed by atoms with van der Waals surface area (Å²) in [6.07, 6.45) is 1.62. The molecule has 2 aromatic carbocycles. The molecule has 0 saturated heterocycles. The summed E-state index contributed by atoms with van der Waals surface area (Å²) in [6.45, 7) is 3.62. The summed E-state index contributed by atoms with van der Waals surface area (Å²) in [5.41, 5.74) is 1.89. The average Bonchev–Trinajstić information content (AvgIpc) is 3.56. The van der Waals surface area contributed by atoms with Crippen LogP contribution in [-0.4, -0.2) is 37.3 Å². The number of hydrogen-bond donors (Lipinski definition) is 0. The first-order valence-electron chi connectivity index (χ1n) is 12.7. The molecule has 0 fully saturated rings. The van der Waals surface area contributed by atoms with Gasteiger partial charge in [0.1, 0.15) is 17.3 Å². The van der Waals surface area contributed by atoms with Crippen molar-refractivity contribution in [2.24, 2.45) is 4.99 Å². The topological polar surface area (TPSA) is 109 Å². The molecule has 216 valence electrons. The molecule has 0 unspecified atom stereocenters. The van der Waals surface area contributed by atoms with Gasteiger partial charge in [-0.3, -0.25) is 9.36 Å². The Morgan fingerprint density at radius 2 is 1.93 bits per heavy atom. The third kappa shape index (κ3) is 5.47. The molecule has 1 atom stereocenters. The quantitative estimate of drug-likeness (QED) is 0.246. The highest BCUT2D eigenvalue weighted by Gasteiger charge is 2.33. The van der Waals surface area contributed by atoms with Crippen molar-refractivity contribution in [3.05, 3.63) is 106 Å². The van der Waals surface area contributed by atoms with Crippen molar-refractivity contribution in [2.45, 2.75) is 19.9 Å². The number of nitrogens with zero attached hydrogens (tertiary/aromatic N) is 2. The van der Waals surface area contributed by atoms with Gasteiger partial charge in [0, 0.05) is 11.6 Å². The van der Waals surface area contributed by atoms with E-state index in [9.17, 15) is 14.4 Å². The fraction of sp³-hybridized carbons (Fsp3) is 0.200. The van der Waals surface area contributed by atoms with E-state index < -0.39 is 18.0 Å². The lowest BCUT2D eigenvalue weighted by Gasteiger charge is -2.25. The fourth-order valence-electron chi connectivity index (χ4n) is 4.62. The van der Waals surface area contributed by atoms with E-state index in [1.807, 2.05) is 6.07 Å². The van der Waals surface area contributed by atoms with E-state index in [2.05, 4.69) is 20.9 Å². The van der Waals surface area contributed by atoms with Crippen LogP contribution in [0.1, 0.15) is 41.6 Å². The minimum atomic E-state index is -0.775. The normalized spacial score (nSPS) is 14.8. The van der Waals surface area contributed by atoms with E-state index in [-0.39, 0.29) is 28.3 Å². The van der Waals surface area contributed by atoms with Crippen molar-refractivity contribution in [2.75, 3.05) is 20.8 Å². The molecule has 1 aliphatic rings. The summed E-state index contributed by atoms with van der Waals surface area (Å²) >= 11 is 10.8. The molecule has 0 saturated carbocycles. The standard InChI is InChI=1S/C30H24BrClN2O7S/c1-5-40-29(37)25-15(2)33-30-34(26(25)17-7-10-23(38-3)20(31)13-17)27(35)24(42-30)14-18-8-11-22(41-18)16-6-9-21(32)19(12-16)28(36)39-4/h6-14,26H,5H2,1-4H3/b24-14+/t26-/m0/s1. The summed E-state index contributed by atoms with van der Waals surface area (Å²) in [7, 11) is 2.84. The lowest BCUT2D eigenvalue weighted by atomic mass is 9.96. The number of aromatic nitrogens is 1. The number of benzene rings is 2. The summed E-state index contributed by atoms with van der Waals surface area (Å²) in [6, 6.07) is 12.9. The first kappa shape index (κ1) is 29.6. The molecule has 9 nitrogen and oxygen atoms in total. The highest BCUT2D eigenvalue weighted by atomic mass is 79.9. The number of esters is 2. The van der Waals surface area contributed by atoms with Gasteiger partial charge in [0.15, 0.2) is 4.80 Å². The second-order valence-electron chi connectivity index (χ2n) is 9.08. The fourth-order valence-corrected chi connectivity index (χ4v) is 6.40. The number of furan rings is 1. The highest BCUT2D eigenvalue weighted by molar-refractivity contribution is 9.10. The maximum absolute atomic E-state index is 13.9. The van der Waals surface area contributed by atoms with Crippen molar-refractivity contribution in [1.29, 1.82) is 0 Å². The number of carbonyl (C=O) groups excluding carboxylic acids is 2. The zero-order valence-electron chi connectivity index (χ0n) is 22.9. The van der Waals surface area contributed by atoms with Gasteiger partial charge in [0.25, 0.3) is 5.56 Å². The Bertz CT molecular complexity index is 1940. The second kappa shape index (κ2) is 12.1. The smallest absolute Gasteiger partial charge is 0.339 e. The summed E-state index contributed by atoms with van der Waals surface area (Å²) < 4.78 is 24.1. The predicted octanol–water partition coefficient (Wildman–Crippen LogP) is 5.27. The number of thiazole rings is 1. The molecule has 1 aliphatic heterocycles. The van der Waals surface area contributed by atoms with Crippen LogP contribution in [0.5, 0.6) is 5.75 Å². The SMILES string of the molecule is CCOC(=O)C1=C(C)N=c2s/c(=C/c3ccc(-c4ccc(Cl)c(C(=O)OC)c4)o3)c(=O)n2[C@H]1c1ccc(OC)c(Br)c1. The summed E-state index contributed by atoms with van der Waals surface area (Å²) in [4.78, 5) is 44.1. The van der Waals surface area contributed by atoms with E-state index >= 15 is 0 Å². The van der Waals surface area contributed by atoms with Crippen LogP contribution in [0.25, 0.3) is 17.4 Å². The Kier molecular flexibility index (Phi) is 8.53. The number of ether oxygens (including phenoxy) is 3. The van der Waals surface area contributed by atoms with Gasteiger partial charge < -0.3 is 18.6 Å². The molecule has 3 heterocycles. The predicted molar refractivity (Wildman–Crippen MR) is 162 cm³/mol. The van der Waals surface area contributed by atoms with Crippen molar-refractivity contribution in [1.82, 2.24) is 4.57 Å². The maximum Gasteiger partial charge on any atom is 0.339 e. The molecular formula is C30H24BrClN2O7S. The van der Waals surface area contributed by atoms with Crippen LogP contribution in [0.3, 0.4) is 0 Å². The van der Waals surface area contributed by atoms with Gasteiger partial charge >= 0.3 is 11.9 Å². The van der Waals surface area contributed by atoms with Crippen LogP contribution >= 0.6 is 38.9 Å². The number of methoxy groups -OCH3 is 2. The number of hydrogen-bond acceptors (Lipinski definition) is 9. The molecule has 4 aromatic rings. The third-order valence-electron chi connectivity index (χ3n) is 6.56. The van der Waals surface area contributed by atoms with E-state index in [4.69, 9.17) is 30.2 Å². The maximum atomic E-state index is 13.9. The van der Waals surface area contributed by atoms with E-state index in [0.717, 1.165) is 0 Å². The summed E-state index contributed by atoms with van der Waals surface area (Å²) in [5, 5.41) is 0.259. The van der Waals surface area contributed by atoms with E-state index in [0.29, 0.717) is 47.9 Å². The van der Waals surface area contributed by atoms with Gasteiger partial charge in [-0.15, -0.1) is 0 Å². The van der Waals surface area contributed by atoms with Crippen molar-refractivity contribution in [3.63, 3.8) is 0 Å². The Morgan fingerprint density at radius 3 is 2.62 bits per heavy atom. The second-order valence-corrected chi connectivity index (χ2v) is 11.4. The molecule has 0 amide bonds. The average molecular weight is 672 g/mol. The lowest BCUT2D eigenvalue weighted by Crippen LogP contribution is -2.39. The van der Waals surface area contributed by atoms with E-state index in [1.165, 1.54) is 23.0 Å². The Labute approximate surface area is 257 Å². The molecule has 42 heavy (non-hydrogen) atoms. The number of halogens is 2. The van der Waals surface area contributed by atoms with Gasteiger partial charge in [-0.1, -0.05) is 29.0 Å². The van der Waals surface area contributed by atoms with Crippen LogP contribution in [-0.2, 0) is 14.3 Å². The van der Waals surface area contributed by atoms with Crippen LogP contribution in [0.4, 0.5) is 0 Å². The molecule has 0 bridgehead atoms. The zero-order chi connectivity index (χ0) is 30.1. The Morgan fingerprint density at radius 1 is 1.14 bits per heavy atom. The van der Waals surface area contributed by atoms with Crippen LogP contribution in [0, 0.1) is 0 Å².